The summed E-state index contributed by atoms with van der Waals surface area (Å²) in [6, 6.07) is 13.6. The van der Waals surface area contributed by atoms with Gasteiger partial charge in [0.1, 0.15) is 5.01 Å². The molecule has 0 saturated carbocycles. The number of para-hydroxylation sites is 1. The lowest BCUT2D eigenvalue weighted by Gasteiger charge is -2.23. The molecule has 2 aromatic carbocycles. The maximum atomic E-state index is 13.1. The molecule has 1 unspecified atom stereocenters. The standard InChI is InChI=1S/C24H25N5O4S/c1-3-33-23(31)17-7-4-5-8-18(17)26-24(32)29-14-6-9-19(29)21-27-28-22(34-21)20(30)25-16-12-10-15(2)11-13-16/h4-5,7-8,10-13,19H,3,6,9,14H2,1-2H3,(H,25,30)(H,26,32). The fourth-order valence-corrected chi connectivity index (χ4v) is 4.60. The van der Waals surface area contributed by atoms with E-state index in [1.807, 2.05) is 31.2 Å². The van der Waals surface area contributed by atoms with E-state index in [0.717, 1.165) is 12.0 Å². The number of amides is 3. The molecule has 1 aliphatic heterocycles. The lowest BCUT2D eigenvalue weighted by atomic mass is 10.2. The van der Waals surface area contributed by atoms with Gasteiger partial charge in [-0.15, -0.1) is 10.2 Å². The number of aromatic nitrogens is 2. The number of esters is 1. The maximum Gasteiger partial charge on any atom is 0.340 e. The van der Waals surface area contributed by atoms with Crippen LogP contribution in [0.2, 0.25) is 0 Å². The molecule has 34 heavy (non-hydrogen) atoms. The van der Waals surface area contributed by atoms with Crippen LogP contribution in [0.4, 0.5) is 16.2 Å². The van der Waals surface area contributed by atoms with E-state index in [1.54, 1.807) is 36.1 Å². The summed E-state index contributed by atoms with van der Waals surface area (Å²) in [5.41, 5.74) is 2.45. The molecule has 4 rings (SSSR count). The number of benzene rings is 2. The van der Waals surface area contributed by atoms with Crippen molar-refractivity contribution in [2.45, 2.75) is 32.7 Å². The van der Waals surface area contributed by atoms with Gasteiger partial charge in [-0.2, -0.15) is 0 Å². The average molecular weight is 480 g/mol. The Hall–Kier alpha value is -3.79. The highest BCUT2D eigenvalue weighted by molar-refractivity contribution is 7.13. The van der Waals surface area contributed by atoms with Crippen molar-refractivity contribution in [2.24, 2.45) is 0 Å². The summed E-state index contributed by atoms with van der Waals surface area (Å²) < 4.78 is 5.08. The molecule has 1 aliphatic rings. The van der Waals surface area contributed by atoms with E-state index in [0.29, 0.717) is 34.9 Å². The van der Waals surface area contributed by atoms with Crippen LogP contribution in [0.25, 0.3) is 0 Å². The Morgan fingerprint density at radius 2 is 1.85 bits per heavy atom. The Labute approximate surface area is 201 Å². The zero-order valence-electron chi connectivity index (χ0n) is 18.9. The second-order valence-electron chi connectivity index (χ2n) is 7.81. The molecule has 0 bridgehead atoms. The molecule has 2 N–H and O–H groups in total. The number of hydrogen-bond acceptors (Lipinski definition) is 7. The van der Waals surface area contributed by atoms with Crippen molar-refractivity contribution in [2.75, 3.05) is 23.8 Å². The Morgan fingerprint density at radius 1 is 1.09 bits per heavy atom. The summed E-state index contributed by atoms with van der Waals surface area (Å²) in [7, 11) is 0. The molecule has 1 atom stereocenters. The van der Waals surface area contributed by atoms with Crippen LogP contribution in [0.3, 0.4) is 0 Å². The second kappa shape index (κ2) is 10.4. The van der Waals surface area contributed by atoms with Gasteiger partial charge >= 0.3 is 12.0 Å². The number of urea groups is 1. The molecule has 1 aromatic heterocycles. The first-order chi connectivity index (χ1) is 16.5. The number of rotatable bonds is 6. The predicted molar refractivity (Wildman–Crippen MR) is 129 cm³/mol. The summed E-state index contributed by atoms with van der Waals surface area (Å²) in [4.78, 5) is 39.6. The number of hydrogen-bond donors (Lipinski definition) is 2. The maximum absolute atomic E-state index is 13.1. The van der Waals surface area contributed by atoms with Crippen molar-refractivity contribution < 1.29 is 19.1 Å². The highest BCUT2D eigenvalue weighted by Gasteiger charge is 2.33. The van der Waals surface area contributed by atoms with Crippen LogP contribution >= 0.6 is 11.3 Å². The Kier molecular flexibility index (Phi) is 7.17. The average Bonchev–Trinajstić information content (AvgIpc) is 3.51. The van der Waals surface area contributed by atoms with Crippen LogP contribution in [0, 0.1) is 6.92 Å². The van der Waals surface area contributed by atoms with Crippen LogP contribution in [0.5, 0.6) is 0 Å². The normalized spacial score (nSPS) is 15.1. The van der Waals surface area contributed by atoms with Crippen molar-refractivity contribution in [1.82, 2.24) is 15.1 Å². The van der Waals surface area contributed by atoms with E-state index in [-0.39, 0.29) is 29.6 Å². The van der Waals surface area contributed by atoms with Gasteiger partial charge in [-0.1, -0.05) is 41.2 Å². The first-order valence-electron chi connectivity index (χ1n) is 11.0. The largest absolute Gasteiger partial charge is 0.462 e. The lowest BCUT2D eigenvalue weighted by molar-refractivity contribution is 0.0527. The van der Waals surface area contributed by atoms with E-state index in [2.05, 4.69) is 20.8 Å². The molecular formula is C24H25N5O4S. The van der Waals surface area contributed by atoms with Crippen LogP contribution < -0.4 is 10.6 Å². The van der Waals surface area contributed by atoms with Gasteiger partial charge in [-0.25, -0.2) is 9.59 Å². The van der Waals surface area contributed by atoms with E-state index < -0.39 is 5.97 Å². The third kappa shape index (κ3) is 5.23. The predicted octanol–water partition coefficient (Wildman–Crippen LogP) is 4.64. The van der Waals surface area contributed by atoms with Crippen molar-refractivity contribution in [3.63, 3.8) is 0 Å². The van der Waals surface area contributed by atoms with Gasteiger partial charge in [0.2, 0.25) is 5.01 Å². The van der Waals surface area contributed by atoms with Gasteiger partial charge in [0.25, 0.3) is 5.91 Å². The molecule has 9 nitrogen and oxygen atoms in total. The zero-order chi connectivity index (χ0) is 24.1. The highest BCUT2D eigenvalue weighted by atomic mass is 32.1. The minimum absolute atomic E-state index is 0.232. The summed E-state index contributed by atoms with van der Waals surface area (Å²) in [5, 5.41) is 14.7. The van der Waals surface area contributed by atoms with Gasteiger partial charge in [0.05, 0.1) is 23.9 Å². The monoisotopic (exact) mass is 479 g/mol. The number of anilines is 2. The summed E-state index contributed by atoms with van der Waals surface area (Å²) >= 11 is 1.17. The van der Waals surface area contributed by atoms with Gasteiger partial charge in [-0.3, -0.25) is 4.79 Å². The van der Waals surface area contributed by atoms with Crippen LogP contribution in [-0.4, -0.2) is 46.2 Å². The van der Waals surface area contributed by atoms with Crippen molar-refractivity contribution >= 4 is 40.6 Å². The van der Waals surface area contributed by atoms with Crippen LogP contribution in [-0.2, 0) is 4.74 Å². The summed E-state index contributed by atoms with van der Waals surface area (Å²) in [5.74, 6) is -0.838. The molecule has 3 aromatic rings. The van der Waals surface area contributed by atoms with E-state index >= 15 is 0 Å². The van der Waals surface area contributed by atoms with Gasteiger partial charge in [-0.05, 0) is 51.0 Å². The number of carbonyl (C=O) groups is 3. The molecular weight excluding hydrogens is 454 g/mol. The topological polar surface area (TPSA) is 114 Å². The molecule has 3 amide bonds. The summed E-state index contributed by atoms with van der Waals surface area (Å²) in [6.45, 7) is 4.47. The number of nitrogens with zero attached hydrogens (tertiary/aromatic N) is 3. The molecule has 0 radical (unpaired) electrons. The van der Waals surface area contributed by atoms with E-state index in [4.69, 9.17) is 4.74 Å². The van der Waals surface area contributed by atoms with Crippen molar-refractivity contribution in [1.29, 1.82) is 0 Å². The fourth-order valence-electron chi connectivity index (χ4n) is 3.71. The Morgan fingerprint density at radius 3 is 2.62 bits per heavy atom. The second-order valence-corrected chi connectivity index (χ2v) is 8.82. The van der Waals surface area contributed by atoms with Gasteiger partial charge in [0.15, 0.2) is 0 Å². The van der Waals surface area contributed by atoms with Crippen molar-refractivity contribution in [3.05, 3.63) is 69.7 Å². The molecule has 1 saturated heterocycles. The first kappa shape index (κ1) is 23.4. The van der Waals surface area contributed by atoms with Crippen LogP contribution in [0.15, 0.2) is 48.5 Å². The Balaban J connectivity index is 1.45. The van der Waals surface area contributed by atoms with Crippen LogP contribution in [0.1, 0.15) is 56.5 Å². The number of nitrogens with one attached hydrogen (secondary N) is 2. The van der Waals surface area contributed by atoms with Crippen molar-refractivity contribution in [3.8, 4) is 0 Å². The number of likely N-dealkylation sites (tertiary alicyclic amines) is 1. The third-order valence-electron chi connectivity index (χ3n) is 5.41. The zero-order valence-corrected chi connectivity index (χ0v) is 19.7. The molecule has 0 aliphatic carbocycles. The molecule has 1 fully saturated rings. The van der Waals surface area contributed by atoms with E-state index in [9.17, 15) is 14.4 Å². The molecule has 10 heteroatoms. The van der Waals surface area contributed by atoms with Gasteiger partial charge < -0.3 is 20.3 Å². The minimum atomic E-state index is -0.496. The van der Waals surface area contributed by atoms with Gasteiger partial charge in [0, 0.05) is 12.2 Å². The quantitative estimate of drug-likeness (QED) is 0.498. The third-order valence-corrected chi connectivity index (χ3v) is 6.43. The first-order valence-corrected chi connectivity index (χ1v) is 11.8. The SMILES string of the molecule is CCOC(=O)c1ccccc1NC(=O)N1CCCC1c1nnc(C(=O)Nc2ccc(C)cc2)s1. The number of aryl methyl sites for hydroxylation is 1. The fraction of sp³-hybridized carbons (Fsp3) is 0.292. The highest BCUT2D eigenvalue weighted by Crippen LogP contribution is 2.34. The Bertz CT molecular complexity index is 1190. The molecule has 0 spiro atoms. The number of carbonyl (C=O) groups excluding carboxylic acids is 3. The number of ether oxygens (including phenoxy) is 1. The lowest BCUT2D eigenvalue weighted by Crippen LogP contribution is -2.34. The molecule has 2 heterocycles. The molecule has 176 valence electrons. The minimum Gasteiger partial charge on any atom is -0.462 e. The smallest absolute Gasteiger partial charge is 0.340 e. The summed E-state index contributed by atoms with van der Waals surface area (Å²) in [6.07, 6.45) is 1.50. The van der Waals surface area contributed by atoms with E-state index in [1.165, 1.54) is 11.3 Å².